The van der Waals surface area contributed by atoms with Crippen LogP contribution >= 0.6 is 0 Å². The van der Waals surface area contributed by atoms with E-state index in [4.69, 9.17) is 9.47 Å². The van der Waals surface area contributed by atoms with Gasteiger partial charge in [-0.15, -0.1) is 0 Å². The average Bonchev–Trinajstić information content (AvgIpc) is 2.63. The van der Waals surface area contributed by atoms with Crippen molar-refractivity contribution >= 4 is 11.8 Å². The summed E-state index contributed by atoms with van der Waals surface area (Å²) in [6.45, 7) is 8.93. The summed E-state index contributed by atoms with van der Waals surface area (Å²) in [4.78, 5) is 27.0. The first-order valence-electron chi connectivity index (χ1n) is 9.37. The summed E-state index contributed by atoms with van der Waals surface area (Å²) in [6, 6.07) is 6.99. The Balaban J connectivity index is 1.95. The van der Waals surface area contributed by atoms with Gasteiger partial charge in [0.1, 0.15) is 11.8 Å². The number of ether oxygens (including phenoxy) is 2. The fraction of sp³-hybridized carbons (Fsp3) is 0.600. The molecule has 1 N–H and O–H groups in total. The van der Waals surface area contributed by atoms with Crippen molar-refractivity contribution in [2.24, 2.45) is 5.92 Å². The van der Waals surface area contributed by atoms with Crippen molar-refractivity contribution in [3.63, 3.8) is 0 Å². The molecule has 1 aliphatic heterocycles. The molecule has 0 saturated carbocycles. The number of nitrogens with zero attached hydrogens (tertiary/aromatic N) is 1. The first-order chi connectivity index (χ1) is 12.5. The zero-order valence-electron chi connectivity index (χ0n) is 16.0. The smallest absolute Gasteiger partial charge is 0.245 e. The largest absolute Gasteiger partial charge is 0.494 e. The van der Waals surface area contributed by atoms with Gasteiger partial charge >= 0.3 is 0 Å². The molecule has 1 saturated heterocycles. The third-order valence-electron chi connectivity index (χ3n) is 4.26. The second-order valence-corrected chi connectivity index (χ2v) is 6.94. The van der Waals surface area contributed by atoms with Gasteiger partial charge in [0.25, 0.3) is 0 Å². The summed E-state index contributed by atoms with van der Waals surface area (Å²) in [5.41, 5.74) is 0.896. The second kappa shape index (κ2) is 10.2. The van der Waals surface area contributed by atoms with E-state index in [-0.39, 0.29) is 18.2 Å². The minimum absolute atomic E-state index is 0.0120. The molecule has 1 aliphatic rings. The van der Waals surface area contributed by atoms with Crippen molar-refractivity contribution < 1.29 is 19.1 Å². The molecule has 1 atom stereocenters. The van der Waals surface area contributed by atoms with Crippen molar-refractivity contribution in [2.45, 2.75) is 39.7 Å². The van der Waals surface area contributed by atoms with Gasteiger partial charge in [-0.25, -0.2) is 0 Å². The zero-order chi connectivity index (χ0) is 18.9. The lowest BCUT2D eigenvalue weighted by Gasteiger charge is -2.31. The van der Waals surface area contributed by atoms with E-state index in [2.05, 4.69) is 19.2 Å². The minimum Gasteiger partial charge on any atom is -0.494 e. The number of carbonyl (C=O) groups is 2. The topological polar surface area (TPSA) is 67.9 Å². The Morgan fingerprint density at radius 3 is 2.42 bits per heavy atom. The standard InChI is InChI=1S/C20H30N2O4/c1-4-26-17-7-5-16(6-8-17)14-19(23)21-18(13-15(2)3)20(24)22-9-11-25-12-10-22/h5-8,15,18H,4,9-14H2,1-3H3,(H,21,23)/t18-/m1/s1. The first-order valence-corrected chi connectivity index (χ1v) is 9.37. The highest BCUT2D eigenvalue weighted by atomic mass is 16.5. The van der Waals surface area contributed by atoms with E-state index in [0.717, 1.165) is 11.3 Å². The molecule has 144 valence electrons. The Kier molecular flexibility index (Phi) is 7.91. The van der Waals surface area contributed by atoms with Crippen LogP contribution in [0.4, 0.5) is 0 Å². The van der Waals surface area contributed by atoms with Crippen LogP contribution in [0.25, 0.3) is 0 Å². The van der Waals surface area contributed by atoms with Crippen LogP contribution in [0.5, 0.6) is 5.75 Å². The van der Waals surface area contributed by atoms with Gasteiger partial charge in [0.15, 0.2) is 0 Å². The summed E-state index contributed by atoms with van der Waals surface area (Å²) in [5, 5.41) is 2.93. The van der Waals surface area contributed by atoms with Crippen molar-refractivity contribution in [3.8, 4) is 5.75 Å². The number of nitrogens with one attached hydrogen (secondary N) is 1. The van der Waals surface area contributed by atoms with Gasteiger partial charge in [-0.05, 0) is 37.0 Å². The molecular formula is C20H30N2O4. The van der Waals surface area contributed by atoms with Gasteiger partial charge in [0.2, 0.25) is 11.8 Å². The molecule has 0 aliphatic carbocycles. The lowest BCUT2D eigenvalue weighted by molar-refractivity contribution is -0.140. The maximum absolute atomic E-state index is 12.8. The van der Waals surface area contributed by atoms with E-state index in [1.807, 2.05) is 31.2 Å². The molecule has 1 fully saturated rings. The summed E-state index contributed by atoms with van der Waals surface area (Å²) in [6.07, 6.45) is 0.878. The third kappa shape index (κ3) is 6.33. The lowest BCUT2D eigenvalue weighted by Crippen LogP contribution is -2.52. The van der Waals surface area contributed by atoms with Gasteiger partial charge in [-0.1, -0.05) is 26.0 Å². The number of hydrogen-bond donors (Lipinski definition) is 1. The van der Waals surface area contributed by atoms with Gasteiger partial charge in [0, 0.05) is 13.1 Å². The fourth-order valence-corrected chi connectivity index (χ4v) is 3.00. The van der Waals surface area contributed by atoms with Crippen LogP contribution < -0.4 is 10.1 Å². The summed E-state index contributed by atoms with van der Waals surface area (Å²) >= 11 is 0. The Bertz CT molecular complexity index is 580. The number of rotatable bonds is 8. The number of amides is 2. The predicted octanol–water partition coefficient (Wildman–Crippen LogP) is 2.02. The zero-order valence-corrected chi connectivity index (χ0v) is 16.0. The van der Waals surface area contributed by atoms with Crippen LogP contribution in [0, 0.1) is 5.92 Å². The molecule has 0 bridgehead atoms. The van der Waals surface area contributed by atoms with E-state index in [0.29, 0.717) is 45.2 Å². The maximum Gasteiger partial charge on any atom is 0.245 e. The van der Waals surface area contributed by atoms with Gasteiger partial charge in [0.05, 0.1) is 26.2 Å². The molecule has 0 aromatic heterocycles. The fourth-order valence-electron chi connectivity index (χ4n) is 3.00. The van der Waals surface area contributed by atoms with Gasteiger partial charge in [-0.3, -0.25) is 9.59 Å². The van der Waals surface area contributed by atoms with Crippen LogP contribution in [0.2, 0.25) is 0 Å². The molecule has 2 rings (SSSR count). The molecule has 0 unspecified atom stereocenters. The Morgan fingerprint density at radius 2 is 1.85 bits per heavy atom. The van der Waals surface area contributed by atoms with Gasteiger partial charge < -0.3 is 19.7 Å². The molecule has 2 amide bonds. The normalized spacial score (nSPS) is 15.6. The second-order valence-electron chi connectivity index (χ2n) is 6.94. The summed E-state index contributed by atoms with van der Waals surface area (Å²) < 4.78 is 10.7. The maximum atomic E-state index is 12.8. The van der Waals surface area contributed by atoms with Crippen molar-refractivity contribution in [1.29, 1.82) is 0 Å². The Hall–Kier alpha value is -2.08. The van der Waals surface area contributed by atoms with Crippen LogP contribution in [0.1, 0.15) is 32.8 Å². The molecule has 1 aromatic carbocycles. The van der Waals surface area contributed by atoms with Crippen LogP contribution in [-0.2, 0) is 20.7 Å². The molecule has 1 aromatic rings. The van der Waals surface area contributed by atoms with Crippen LogP contribution in [-0.4, -0.2) is 55.7 Å². The number of carbonyl (C=O) groups excluding carboxylic acids is 2. The quantitative estimate of drug-likeness (QED) is 0.768. The molecule has 6 heteroatoms. The average molecular weight is 362 g/mol. The highest BCUT2D eigenvalue weighted by Crippen LogP contribution is 2.14. The Morgan fingerprint density at radius 1 is 1.19 bits per heavy atom. The van der Waals surface area contributed by atoms with Gasteiger partial charge in [-0.2, -0.15) is 0 Å². The highest BCUT2D eigenvalue weighted by Gasteiger charge is 2.27. The van der Waals surface area contributed by atoms with Crippen molar-refractivity contribution in [1.82, 2.24) is 10.2 Å². The van der Waals surface area contributed by atoms with E-state index in [1.165, 1.54) is 0 Å². The first kappa shape index (κ1) is 20.2. The van der Waals surface area contributed by atoms with E-state index in [1.54, 1.807) is 4.90 Å². The highest BCUT2D eigenvalue weighted by molar-refractivity contribution is 5.88. The van der Waals surface area contributed by atoms with E-state index < -0.39 is 6.04 Å². The number of hydrogen-bond acceptors (Lipinski definition) is 4. The summed E-state index contributed by atoms with van der Waals surface area (Å²) in [7, 11) is 0. The monoisotopic (exact) mass is 362 g/mol. The Labute approximate surface area is 155 Å². The molecule has 6 nitrogen and oxygen atoms in total. The number of morpholine rings is 1. The van der Waals surface area contributed by atoms with Crippen LogP contribution in [0.3, 0.4) is 0 Å². The molecular weight excluding hydrogens is 332 g/mol. The number of benzene rings is 1. The lowest BCUT2D eigenvalue weighted by atomic mass is 10.0. The molecule has 26 heavy (non-hydrogen) atoms. The third-order valence-corrected chi connectivity index (χ3v) is 4.26. The van der Waals surface area contributed by atoms with E-state index >= 15 is 0 Å². The van der Waals surface area contributed by atoms with Crippen molar-refractivity contribution in [3.05, 3.63) is 29.8 Å². The summed E-state index contributed by atoms with van der Waals surface area (Å²) in [5.74, 6) is 0.955. The minimum atomic E-state index is -0.483. The van der Waals surface area contributed by atoms with Crippen molar-refractivity contribution in [2.75, 3.05) is 32.9 Å². The molecule has 0 radical (unpaired) electrons. The van der Waals surface area contributed by atoms with Crippen LogP contribution in [0.15, 0.2) is 24.3 Å². The predicted molar refractivity (Wildman–Crippen MR) is 100 cm³/mol. The molecule has 0 spiro atoms. The van der Waals surface area contributed by atoms with E-state index in [9.17, 15) is 9.59 Å². The molecule has 1 heterocycles. The SMILES string of the molecule is CCOc1ccc(CC(=O)N[C@H](CC(C)C)C(=O)N2CCOCC2)cc1.